The molecule has 0 spiro atoms. The molecule has 108 valence electrons. The van der Waals surface area contributed by atoms with Crippen LogP contribution < -0.4 is 0 Å². The van der Waals surface area contributed by atoms with Crippen LogP contribution in [0.3, 0.4) is 0 Å². The maximum absolute atomic E-state index is 13.4. The Kier molecular flexibility index (Phi) is 3.01. The maximum atomic E-state index is 13.4. The standard InChI is InChI=1S/C16H13F3N2/c1-10-8-13(16(17,18)19)14-12(9-21(2)15(14)20-10)11-6-4-3-5-7-11/h3-9H,1-2H3. The molecule has 1 aromatic carbocycles. The minimum atomic E-state index is -4.41. The molecule has 0 N–H and O–H groups in total. The number of nitrogens with zero attached hydrogens (tertiary/aromatic N) is 2. The smallest absolute Gasteiger partial charge is 0.335 e. The summed E-state index contributed by atoms with van der Waals surface area (Å²) in [6.45, 7) is 1.57. The minimum absolute atomic E-state index is 0.154. The molecular weight excluding hydrogens is 277 g/mol. The van der Waals surface area contributed by atoms with E-state index >= 15 is 0 Å². The van der Waals surface area contributed by atoms with Gasteiger partial charge in [-0.3, -0.25) is 0 Å². The molecule has 3 rings (SSSR count). The van der Waals surface area contributed by atoms with E-state index in [0.717, 1.165) is 11.6 Å². The number of hydrogen-bond acceptors (Lipinski definition) is 1. The van der Waals surface area contributed by atoms with Gasteiger partial charge in [0.1, 0.15) is 5.65 Å². The lowest BCUT2D eigenvalue weighted by atomic mass is 10.0. The number of fused-ring (bicyclic) bond motifs is 1. The van der Waals surface area contributed by atoms with Crippen molar-refractivity contribution in [2.45, 2.75) is 13.1 Å². The van der Waals surface area contributed by atoms with E-state index in [1.807, 2.05) is 18.2 Å². The molecule has 2 nitrogen and oxygen atoms in total. The van der Waals surface area contributed by atoms with Crippen LogP contribution in [0.2, 0.25) is 0 Å². The van der Waals surface area contributed by atoms with Crippen molar-refractivity contribution >= 4 is 11.0 Å². The van der Waals surface area contributed by atoms with Gasteiger partial charge in [0, 0.05) is 29.9 Å². The van der Waals surface area contributed by atoms with Crippen molar-refractivity contribution in [2.75, 3.05) is 0 Å². The van der Waals surface area contributed by atoms with E-state index in [-0.39, 0.29) is 5.39 Å². The zero-order valence-electron chi connectivity index (χ0n) is 11.6. The Morgan fingerprint density at radius 1 is 1.10 bits per heavy atom. The highest BCUT2D eigenvalue weighted by molar-refractivity contribution is 5.97. The van der Waals surface area contributed by atoms with Gasteiger partial charge >= 0.3 is 6.18 Å². The Labute approximate surface area is 119 Å². The van der Waals surface area contributed by atoms with E-state index in [2.05, 4.69) is 4.98 Å². The molecular formula is C16H13F3N2. The molecule has 0 atom stereocenters. The summed E-state index contributed by atoms with van der Waals surface area (Å²) >= 11 is 0. The Balaban J connectivity index is 2.43. The molecule has 2 heterocycles. The summed E-state index contributed by atoms with van der Waals surface area (Å²) in [5.41, 5.74) is 1.37. The first kappa shape index (κ1) is 13.7. The fraction of sp³-hybridized carbons (Fsp3) is 0.188. The lowest BCUT2D eigenvalue weighted by Crippen LogP contribution is -2.07. The third-order valence-corrected chi connectivity index (χ3v) is 3.44. The van der Waals surface area contributed by atoms with Gasteiger partial charge in [0.15, 0.2) is 0 Å². The van der Waals surface area contributed by atoms with Crippen molar-refractivity contribution in [1.29, 1.82) is 0 Å². The third kappa shape index (κ3) is 2.28. The monoisotopic (exact) mass is 290 g/mol. The first-order valence-corrected chi connectivity index (χ1v) is 6.47. The van der Waals surface area contributed by atoms with Gasteiger partial charge in [0.2, 0.25) is 0 Å². The molecule has 0 aliphatic rings. The molecule has 0 unspecified atom stereocenters. The second-order valence-corrected chi connectivity index (χ2v) is 5.03. The molecule has 0 aliphatic heterocycles. The topological polar surface area (TPSA) is 17.8 Å². The summed E-state index contributed by atoms with van der Waals surface area (Å²) in [4.78, 5) is 4.26. The van der Waals surface area contributed by atoms with Crippen LogP contribution in [0.1, 0.15) is 11.3 Å². The van der Waals surface area contributed by atoms with Crippen LogP contribution in [-0.2, 0) is 13.2 Å². The van der Waals surface area contributed by atoms with E-state index in [1.165, 1.54) is 0 Å². The minimum Gasteiger partial charge on any atom is -0.335 e. The SMILES string of the molecule is Cc1cc(C(F)(F)F)c2c(-c3ccccc3)cn(C)c2n1. The maximum Gasteiger partial charge on any atom is 0.417 e. The van der Waals surface area contributed by atoms with E-state index in [4.69, 9.17) is 0 Å². The van der Waals surface area contributed by atoms with Gasteiger partial charge in [0.05, 0.1) is 5.56 Å². The van der Waals surface area contributed by atoms with Gasteiger partial charge in [-0.05, 0) is 18.6 Å². The van der Waals surface area contributed by atoms with Crippen molar-refractivity contribution in [1.82, 2.24) is 9.55 Å². The fourth-order valence-electron chi connectivity index (χ4n) is 2.56. The van der Waals surface area contributed by atoms with Gasteiger partial charge in [-0.15, -0.1) is 0 Å². The number of alkyl halides is 3. The molecule has 0 saturated heterocycles. The fourth-order valence-corrected chi connectivity index (χ4v) is 2.56. The predicted molar refractivity (Wildman–Crippen MR) is 75.9 cm³/mol. The summed E-state index contributed by atoms with van der Waals surface area (Å²) in [7, 11) is 1.71. The van der Waals surface area contributed by atoms with Gasteiger partial charge < -0.3 is 4.57 Å². The zero-order valence-corrected chi connectivity index (χ0v) is 11.6. The number of benzene rings is 1. The summed E-state index contributed by atoms with van der Waals surface area (Å²) in [6.07, 6.45) is -2.71. The predicted octanol–water partition coefficient (Wildman–Crippen LogP) is 4.57. The molecule has 21 heavy (non-hydrogen) atoms. The zero-order chi connectivity index (χ0) is 15.2. The highest BCUT2D eigenvalue weighted by Gasteiger charge is 2.35. The second kappa shape index (κ2) is 4.62. The highest BCUT2D eigenvalue weighted by Crippen LogP contribution is 2.40. The number of halogens is 3. The van der Waals surface area contributed by atoms with Crippen LogP contribution in [0.5, 0.6) is 0 Å². The average Bonchev–Trinajstić information content (AvgIpc) is 2.75. The van der Waals surface area contributed by atoms with Gasteiger partial charge in [-0.2, -0.15) is 13.2 Å². The second-order valence-electron chi connectivity index (χ2n) is 5.03. The molecule has 2 aromatic heterocycles. The Bertz CT molecular complexity index is 802. The highest BCUT2D eigenvalue weighted by atomic mass is 19.4. The summed E-state index contributed by atoms with van der Waals surface area (Å²) in [5, 5.41) is 0.154. The number of aromatic nitrogens is 2. The molecule has 0 saturated carbocycles. The third-order valence-electron chi connectivity index (χ3n) is 3.44. The van der Waals surface area contributed by atoms with E-state index < -0.39 is 11.7 Å². The van der Waals surface area contributed by atoms with Crippen LogP contribution in [0.4, 0.5) is 13.2 Å². The molecule has 0 fully saturated rings. The lowest BCUT2D eigenvalue weighted by molar-refractivity contribution is -0.136. The quantitative estimate of drug-likeness (QED) is 0.642. The molecule has 0 bridgehead atoms. The summed E-state index contributed by atoms with van der Waals surface area (Å²) in [6, 6.07) is 10.2. The van der Waals surface area contributed by atoms with Crippen LogP contribution in [-0.4, -0.2) is 9.55 Å². The Hall–Kier alpha value is -2.30. The Morgan fingerprint density at radius 3 is 2.38 bits per heavy atom. The number of rotatable bonds is 1. The molecule has 0 aliphatic carbocycles. The average molecular weight is 290 g/mol. The Morgan fingerprint density at radius 2 is 1.76 bits per heavy atom. The van der Waals surface area contributed by atoms with Crippen molar-refractivity contribution < 1.29 is 13.2 Å². The van der Waals surface area contributed by atoms with E-state index in [0.29, 0.717) is 16.9 Å². The van der Waals surface area contributed by atoms with Crippen molar-refractivity contribution in [3.8, 4) is 11.1 Å². The first-order chi connectivity index (χ1) is 9.88. The van der Waals surface area contributed by atoms with Crippen LogP contribution in [0.25, 0.3) is 22.2 Å². The van der Waals surface area contributed by atoms with Crippen molar-refractivity contribution in [2.24, 2.45) is 7.05 Å². The van der Waals surface area contributed by atoms with Crippen molar-refractivity contribution in [3.63, 3.8) is 0 Å². The van der Waals surface area contributed by atoms with E-state index in [9.17, 15) is 13.2 Å². The van der Waals surface area contributed by atoms with Gasteiger partial charge in [-0.25, -0.2) is 4.98 Å². The van der Waals surface area contributed by atoms with Gasteiger partial charge in [0.25, 0.3) is 0 Å². The summed E-state index contributed by atoms with van der Waals surface area (Å²) in [5.74, 6) is 0. The largest absolute Gasteiger partial charge is 0.417 e. The van der Waals surface area contributed by atoms with Crippen LogP contribution in [0, 0.1) is 6.92 Å². The van der Waals surface area contributed by atoms with Crippen molar-refractivity contribution in [3.05, 3.63) is 53.9 Å². The first-order valence-electron chi connectivity index (χ1n) is 6.47. The molecule has 5 heteroatoms. The normalized spacial score (nSPS) is 12.0. The molecule has 0 amide bonds. The number of hydrogen-bond donors (Lipinski definition) is 0. The molecule has 3 aromatic rings. The summed E-state index contributed by atoms with van der Waals surface area (Å²) < 4.78 is 41.7. The van der Waals surface area contributed by atoms with Crippen LogP contribution in [0.15, 0.2) is 42.6 Å². The number of aryl methyl sites for hydroxylation is 2. The van der Waals surface area contributed by atoms with Crippen LogP contribution >= 0.6 is 0 Å². The lowest BCUT2D eigenvalue weighted by Gasteiger charge is -2.11. The van der Waals surface area contributed by atoms with Gasteiger partial charge in [-0.1, -0.05) is 30.3 Å². The number of pyridine rings is 1. The van der Waals surface area contributed by atoms with E-state index in [1.54, 1.807) is 36.9 Å². The molecule has 0 radical (unpaired) electrons.